The molecule has 19 heavy (non-hydrogen) atoms. The zero-order chi connectivity index (χ0) is 14.4. The third-order valence-electron chi connectivity index (χ3n) is 3.29. The Hall–Kier alpha value is 1.16. The van der Waals surface area contributed by atoms with Crippen molar-refractivity contribution in [3.05, 3.63) is 0 Å². The maximum absolute atomic E-state index is 5.75. The molecule has 0 spiro atoms. The van der Waals surface area contributed by atoms with Crippen molar-refractivity contribution in [1.29, 1.82) is 0 Å². The Morgan fingerprint density at radius 1 is 0.737 bits per heavy atom. The van der Waals surface area contributed by atoms with Gasteiger partial charge in [0.25, 0.3) is 0 Å². The molecule has 0 heterocycles. The molecule has 0 aromatic rings. The van der Waals surface area contributed by atoms with E-state index in [-0.39, 0.29) is 0 Å². The van der Waals surface area contributed by atoms with E-state index in [1.165, 1.54) is 49.0 Å². The monoisotopic (exact) mass is 368 g/mol. The van der Waals surface area contributed by atoms with Crippen molar-refractivity contribution in [3.63, 3.8) is 0 Å². The van der Waals surface area contributed by atoms with Crippen LogP contribution in [-0.2, 0) is 0 Å². The molecular weight excluding hydrogens is 333 g/mol. The Balaban J connectivity index is 4.44. The summed E-state index contributed by atoms with van der Waals surface area (Å²) in [6, 6.07) is 0. The number of hydrogen-bond acceptors (Lipinski definition) is 4. The third-order valence-corrected chi connectivity index (χ3v) is 27.0. The Morgan fingerprint density at radius 2 is 1.16 bits per heavy atom. The first-order valence-corrected chi connectivity index (χ1v) is 18.0. The molecule has 0 radical (unpaired) electrons. The van der Waals surface area contributed by atoms with Crippen LogP contribution in [0.1, 0.15) is 52.4 Å². The summed E-state index contributed by atoms with van der Waals surface area (Å²) in [4.78, 5) is 0. The maximum atomic E-state index is 5.75. The van der Waals surface area contributed by atoms with Crippen LogP contribution >= 0.6 is 20.2 Å². The predicted octanol–water partition coefficient (Wildman–Crippen LogP) is 4.19. The van der Waals surface area contributed by atoms with Gasteiger partial charge in [-0.3, -0.25) is 0 Å². The third kappa shape index (κ3) is 10.5. The Labute approximate surface area is 130 Å². The molecule has 0 fully saturated rings. The average Bonchev–Trinajstić information content (AvgIpc) is 2.43. The van der Waals surface area contributed by atoms with E-state index in [2.05, 4.69) is 34.0 Å². The SMILES string of the molecule is CCCC[CH2][Ge]([CH2]CCCC)([S]CCN)[S]CCN. The van der Waals surface area contributed by atoms with Crippen LogP contribution in [-0.4, -0.2) is 35.6 Å². The molecule has 4 N–H and O–H groups in total. The van der Waals surface area contributed by atoms with Crippen LogP contribution in [0.5, 0.6) is 0 Å². The zero-order valence-electron chi connectivity index (χ0n) is 13.0. The van der Waals surface area contributed by atoms with Crippen molar-refractivity contribution in [2.75, 3.05) is 24.6 Å². The van der Waals surface area contributed by atoms with Crippen LogP contribution in [0.4, 0.5) is 0 Å². The molecule has 2 nitrogen and oxygen atoms in total. The van der Waals surface area contributed by atoms with Gasteiger partial charge in [0.05, 0.1) is 0 Å². The Morgan fingerprint density at radius 3 is 1.47 bits per heavy atom. The minimum atomic E-state index is -1.80. The van der Waals surface area contributed by atoms with Gasteiger partial charge in [0.1, 0.15) is 0 Å². The van der Waals surface area contributed by atoms with Gasteiger partial charge >= 0.3 is 130 Å². The van der Waals surface area contributed by atoms with Crippen molar-refractivity contribution in [2.24, 2.45) is 11.5 Å². The van der Waals surface area contributed by atoms with E-state index in [0.29, 0.717) is 0 Å². The fourth-order valence-corrected chi connectivity index (χ4v) is 24.9. The summed E-state index contributed by atoms with van der Waals surface area (Å²) in [7, 11) is 2.76. The number of hydrogen-bond donors (Lipinski definition) is 2. The van der Waals surface area contributed by atoms with Gasteiger partial charge in [0.2, 0.25) is 0 Å². The molecular formula is C14H34GeN2S2. The molecule has 0 aliphatic heterocycles. The molecule has 0 saturated heterocycles. The molecule has 116 valence electrons. The molecule has 0 amide bonds. The first kappa shape index (κ1) is 20.2. The van der Waals surface area contributed by atoms with Crippen LogP contribution in [0.15, 0.2) is 0 Å². The van der Waals surface area contributed by atoms with Gasteiger partial charge in [-0.2, -0.15) is 0 Å². The molecule has 0 unspecified atom stereocenters. The van der Waals surface area contributed by atoms with Crippen molar-refractivity contribution in [2.45, 2.75) is 62.9 Å². The summed E-state index contributed by atoms with van der Waals surface area (Å²) in [5, 5.41) is 3.01. The molecule has 0 aliphatic carbocycles. The van der Waals surface area contributed by atoms with Crippen LogP contribution in [0.3, 0.4) is 0 Å². The summed E-state index contributed by atoms with van der Waals surface area (Å²) in [5.74, 6) is 2.33. The van der Waals surface area contributed by atoms with E-state index >= 15 is 0 Å². The molecule has 0 rings (SSSR count). The van der Waals surface area contributed by atoms with Crippen molar-refractivity contribution < 1.29 is 0 Å². The topological polar surface area (TPSA) is 52.0 Å². The van der Waals surface area contributed by atoms with Crippen LogP contribution in [0, 0.1) is 0 Å². The van der Waals surface area contributed by atoms with Gasteiger partial charge in [-0.05, 0) is 0 Å². The normalized spacial score (nSPS) is 12.0. The Bertz CT molecular complexity index is 174. The zero-order valence-corrected chi connectivity index (χ0v) is 16.7. The summed E-state index contributed by atoms with van der Waals surface area (Å²) in [6.07, 6.45) is 8.31. The second-order valence-corrected chi connectivity index (χ2v) is 25.5. The molecule has 0 atom stereocenters. The predicted molar refractivity (Wildman–Crippen MR) is 97.4 cm³/mol. The van der Waals surface area contributed by atoms with Gasteiger partial charge in [-0.1, -0.05) is 0 Å². The summed E-state index contributed by atoms with van der Waals surface area (Å²) >= 11 is 0. The number of rotatable bonds is 14. The second-order valence-electron chi connectivity index (χ2n) is 5.10. The van der Waals surface area contributed by atoms with Gasteiger partial charge in [0.15, 0.2) is 0 Å². The second kappa shape index (κ2) is 14.1. The Kier molecular flexibility index (Phi) is 15.0. The fraction of sp³-hybridized carbons (Fsp3) is 1.00. The van der Waals surface area contributed by atoms with Crippen molar-refractivity contribution >= 4 is 31.2 Å². The van der Waals surface area contributed by atoms with E-state index in [1.807, 2.05) is 0 Å². The van der Waals surface area contributed by atoms with Gasteiger partial charge in [-0.25, -0.2) is 0 Å². The first-order chi connectivity index (χ1) is 9.24. The number of unbranched alkanes of at least 4 members (excludes halogenated alkanes) is 4. The average molecular weight is 367 g/mol. The molecule has 0 bridgehead atoms. The van der Waals surface area contributed by atoms with Gasteiger partial charge in [0, 0.05) is 0 Å². The van der Waals surface area contributed by atoms with E-state index in [1.54, 1.807) is 0 Å². The molecule has 0 saturated carbocycles. The van der Waals surface area contributed by atoms with Gasteiger partial charge < -0.3 is 0 Å². The van der Waals surface area contributed by atoms with E-state index in [0.717, 1.165) is 24.6 Å². The minimum absolute atomic E-state index is 0.836. The summed E-state index contributed by atoms with van der Waals surface area (Å²) in [5.41, 5.74) is 11.5. The van der Waals surface area contributed by atoms with E-state index < -0.39 is 11.0 Å². The van der Waals surface area contributed by atoms with E-state index in [4.69, 9.17) is 11.5 Å². The van der Waals surface area contributed by atoms with E-state index in [9.17, 15) is 0 Å². The molecule has 5 heteroatoms. The summed E-state index contributed by atoms with van der Waals surface area (Å²) in [6.45, 7) is 6.27. The fourth-order valence-electron chi connectivity index (χ4n) is 2.23. The van der Waals surface area contributed by atoms with Crippen LogP contribution in [0.25, 0.3) is 0 Å². The molecule has 0 aromatic heterocycles. The van der Waals surface area contributed by atoms with Crippen molar-refractivity contribution in [3.8, 4) is 0 Å². The van der Waals surface area contributed by atoms with Crippen LogP contribution in [0.2, 0.25) is 10.5 Å². The van der Waals surface area contributed by atoms with Crippen molar-refractivity contribution in [1.82, 2.24) is 0 Å². The molecule has 0 aliphatic rings. The quantitative estimate of drug-likeness (QED) is 0.357. The summed E-state index contributed by atoms with van der Waals surface area (Å²) < 4.78 is 0. The molecule has 0 aromatic carbocycles. The standard InChI is InChI=1S/C14H34GeN2S2/c1-3-5-7-9-15(18-13-11-16,19-14-12-17)10-8-6-4-2/h3-14,16-17H2,1-2H3. The van der Waals surface area contributed by atoms with Crippen LogP contribution < -0.4 is 11.5 Å². The van der Waals surface area contributed by atoms with Gasteiger partial charge in [-0.15, -0.1) is 0 Å². The first-order valence-electron chi connectivity index (χ1n) is 7.92. The number of nitrogens with two attached hydrogens (primary N) is 2.